The first-order chi connectivity index (χ1) is 10.1. The summed E-state index contributed by atoms with van der Waals surface area (Å²) in [7, 11) is -3.35. The Morgan fingerprint density at radius 2 is 1.67 bits per heavy atom. The molecule has 0 saturated heterocycles. The molecule has 118 valence electrons. The van der Waals surface area contributed by atoms with Crippen molar-refractivity contribution in [2.45, 2.75) is 57.0 Å². The van der Waals surface area contributed by atoms with Crippen LogP contribution in [0.15, 0.2) is 29.2 Å². The Kier molecular flexibility index (Phi) is 5.79. The Bertz CT molecular complexity index is 530. The van der Waals surface area contributed by atoms with Gasteiger partial charge in [-0.2, -0.15) is 4.31 Å². The monoisotopic (exact) mass is 310 g/mol. The predicted octanol–water partition coefficient (Wildman–Crippen LogP) is 2.75. The normalized spacial score (nSPS) is 15.6. The zero-order valence-corrected chi connectivity index (χ0v) is 13.8. The molecule has 0 radical (unpaired) electrons. The topological polar surface area (TPSA) is 49.4 Å². The molecule has 0 aliphatic heterocycles. The molecule has 1 aromatic rings. The highest BCUT2D eigenvalue weighted by atomic mass is 32.2. The van der Waals surface area contributed by atoms with Gasteiger partial charge in [0.05, 0.1) is 4.90 Å². The molecule has 0 bridgehead atoms. The fourth-order valence-electron chi connectivity index (χ4n) is 2.33. The summed E-state index contributed by atoms with van der Waals surface area (Å²) < 4.78 is 26.8. The Morgan fingerprint density at radius 1 is 1.10 bits per heavy atom. The summed E-state index contributed by atoms with van der Waals surface area (Å²) in [5.41, 5.74) is 1.14. The van der Waals surface area contributed by atoms with Gasteiger partial charge in [-0.25, -0.2) is 8.42 Å². The van der Waals surface area contributed by atoms with Gasteiger partial charge >= 0.3 is 0 Å². The molecule has 0 heterocycles. The first-order valence-corrected chi connectivity index (χ1v) is 9.34. The van der Waals surface area contributed by atoms with E-state index in [2.05, 4.69) is 5.32 Å². The average Bonchev–Trinajstić information content (AvgIpc) is 3.29. The third-order valence-corrected chi connectivity index (χ3v) is 5.59. The minimum absolute atomic E-state index is 0.402. The summed E-state index contributed by atoms with van der Waals surface area (Å²) in [5.74, 6) is 0. The van der Waals surface area contributed by atoms with E-state index in [9.17, 15) is 8.42 Å². The Hall–Kier alpha value is -0.910. The maximum Gasteiger partial charge on any atom is 0.243 e. The van der Waals surface area contributed by atoms with Crippen LogP contribution in [0.5, 0.6) is 0 Å². The van der Waals surface area contributed by atoms with Crippen LogP contribution in [-0.2, 0) is 16.6 Å². The molecule has 1 aromatic carbocycles. The van der Waals surface area contributed by atoms with Crippen LogP contribution < -0.4 is 5.32 Å². The van der Waals surface area contributed by atoms with Crippen molar-refractivity contribution in [1.82, 2.24) is 9.62 Å². The molecular formula is C16H26N2O2S. The van der Waals surface area contributed by atoms with Crippen LogP contribution >= 0.6 is 0 Å². The van der Waals surface area contributed by atoms with E-state index in [-0.39, 0.29) is 0 Å². The number of nitrogens with one attached hydrogen (secondary N) is 1. The van der Waals surface area contributed by atoms with Crippen LogP contribution in [0.25, 0.3) is 0 Å². The molecule has 0 amide bonds. The second-order valence-corrected chi connectivity index (χ2v) is 7.64. The van der Waals surface area contributed by atoms with Crippen LogP contribution in [0.3, 0.4) is 0 Å². The van der Waals surface area contributed by atoms with E-state index >= 15 is 0 Å². The lowest BCUT2D eigenvalue weighted by Gasteiger charge is -2.21. The third kappa shape index (κ3) is 4.53. The first-order valence-electron chi connectivity index (χ1n) is 7.90. The minimum atomic E-state index is -3.35. The molecule has 1 fully saturated rings. The van der Waals surface area contributed by atoms with E-state index in [1.54, 1.807) is 16.4 Å². The maximum atomic E-state index is 12.6. The highest BCUT2D eigenvalue weighted by molar-refractivity contribution is 7.89. The summed E-state index contributed by atoms with van der Waals surface area (Å²) in [4.78, 5) is 0.402. The van der Waals surface area contributed by atoms with Crippen LogP contribution in [-0.4, -0.2) is 31.9 Å². The van der Waals surface area contributed by atoms with Crippen molar-refractivity contribution in [2.24, 2.45) is 0 Å². The molecule has 0 atom stereocenters. The van der Waals surface area contributed by atoms with E-state index in [1.165, 1.54) is 12.8 Å². The van der Waals surface area contributed by atoms with Crippen LogP contribution in [0.4, 0.5) is 0 Å². The molecule has 1 aliphatic carbocycles. The van der Waals surface area contributed by atoms with Gasteiger partial charge < -0.3 is 5.32 Å². The lowest BCUT2D eigenvalue weighted by molar-refractivity contribution is 0.410. The van der Waals surface area contributed by atoms with Crippen LogP contribution in [0.1, 0.15) is 45.1 Å². The standard InChI is InChI=1S/C16H26N2O2S/c1-3-11-18(12-4-2)21(19,20)16-9-5-14(6-10-16)13-17-15-7-8-15/h5-6,9-10,15,17H,3-4,7-8,11-13H2,1-2H3. The van der Waals surface area contributed by atoms with Crippen molar-refractivity contribution in [2.75, 3.05) is 13.1 Å². The second kappa shape index (κ2) is 7.38. The maximum absolute atomic E-state index is 12.6. The summed E-state index contributed by atoms with van der Waals surface area (Å²) >= 11 is 0. The fraction of sp³-hybridized carbons (Fsp3) is 0.625. The molecule has 1 saturated carbocycles. The molecule has 5 heteroatoms. The van der Waals surface area contributed by atoms with Gasteiger partial charge in [-0.1, -0.05) is 26.0 Å². The zero-order chi connectivity index (χ0) is 15.3. The number of rotatable bonds is 9. The van der Waals surface area contributed by atoms with Gasteiger partial charge in [0.25, 0.3) is 0 Å². The molecule has 1 aliphatic rings. The van der Waals surface area contributed by atoms with E-state index in [4.69, 9.17) is 0 Å². The number of hydrogen-bond donors (Lipinski definition) is 1. The lowest BCUT2D eigenvalue weighted by atomic mass is 10.2. The Labute approximate surface area is 128 Å². The number of hydrogen-bond acceptors (Lipinski definition) is 3. The lowest BCUT2D eigenvalue weighted by Crippen LogP contribution is -2.32. The first kappa shape index (κ1) is 16.5. The smallest absolute Gasteiger partial charge is 0.243 e. The van der Waals surface area contributed by atoms with Gasteiger partial charge in [0, 0.05) is 25.7 Å². The number of sulfonamides is 1. The molecule has 4 nitrogen and oxygen atoms in total. The van der Waals surface area contributed by atoms with Gasteiger partial charge in [-0.05, 0) is 43.4 Å². The summed E-state index contributed by atoms with van der Waals surface area (Å²) in [6.07, 6.45) is 4.19. The SMILES string of the molecule is CCCN(CCC)S(=O)(=O)c1ccc(CNC2CC2)cc1. The van der Waals surface area contributed by atoms with Crippen molar-refractivity contribution in [3.05, 3.63) is 29.8 Å². The van der Waals surface area contributed by atoms with Gasteiger partial charge in [-0.3, -0.25) is 0 Å². The van der Waals surface area contributed by atoms with Gasteiger partial charge in [0.15, 0.2) is 0 Å². The number of nitrogens with zero attached hydrogens (tertiary/aromatic N) is 1. The molecule has 0 aromatic heterocycles. The molecular weight excluding hydrogens is 284 g/mol. The van der Waals surface area contributed by atoms with Crippen molar-refractivity contribution >= 4 is 10.0 Å². The van der Waals surface area contributed by atoms with E-state index in [0.717, 1.165) is 24.9 Å². The Balaban J connectivity index is 2.06. The van der Waals surface area contributed by atoms with Crippen molar-refractivity contribution in [3.8, 4) is 0 Å². The Morgan fingerprint density at radius 3 is 2.14 bits per heavy atom. The van der Waals surface area contributed by atoms with Crippen molar-refractivity contribution in [1.29, 1.82) is 0 Å². The molecule has 2 rings (SSSR count). The predicted molar refractivity (Wildman–Crippen MR) is 85.6 cm³/mol. The summed E-state index contributed by atoms with van der Waals surface area (Å²) in [6, 6.07) is 7.96. The number of benzene rings is 1. The quantitative estimate of drug-likeness (QED) is 0.763. The van der Waals surface area contributed by atoms with Crippen molar-refractivity contribution < 1.29 is 8.42 Å². The zero-order valence-electron chi connectivity index (χ0n) is 13.0. The molecule has 1 N–H and O–H groups in total. The molecule has 21 heavy (non-hydrogen) atoms. The van der Waals surface area contributed by atoms with E-state index < -0.39 is 10.0 Å². The van der Waals surface area contributed by atoms with Crippen LogP contribution in [0, 0.1) is 0 Å². The van der Waals surface area contributed by atoms with Crippen LogP contribution in [0.2, 0.25) is 0 Å². The summed E-state index contributed by atoms with van der Waals surface area (Å²) in [5, 5.41) is 3.43. The van der Waals surface area contributed by atoms with Gasteiger partial charge in [0.1, 0.15) is 0 Å². The summed E-state index contributed by atoms with van der Waals surface area (Å²) in [6.45, 7) is 6.00. The van der Waals surface area contributed by atoms with Gasteiger partial charge in [0.2, 0.25) is 10.0 Å². The van der Waals surface area contributed by atoms with Crippen molar-refractivity contribution in [3.63, 3.8) is 0 Å². The van der Waals surface area contributed by atoms with E-state index in [0.29, 0.717) is 24.0 Å². The van der Waals surface area contributed by atoms with Gasteiger partial charge in [-0.15, -0.1) is 0 Å². The second-order valence-electron chi connectivity index (χ2n) is 5.70. The largest absolute Gasteiger partial charge is 0.310 e. The third-order valence-electron chi connectivity index (χ3n) is 3.68. The highest BCUT2D eigenvalue weighted by Gasteiger charge is 2.23. The average molecular weight is 310 g/mol. The highest BCUT2D eigenvalue weighted by Crippen LogP contribution is 2.20. The van der Waals surface area contributed by atoms with E-state index in [1.807, 2.05) is 26.0 Å². The fourth-order valence-corrected chi connectivity index (χ4v) is 3.95. The minimum Gasteiger partial charge on any atom is -0.310 e. The molecule has 0 spiro atoms. The molecule has 0 unspecified atom stereocenters.